The number of aliphatic hydroxyl groups is 1. The zero-order valence-electron chi connectivity index (χ0n) is 9.25. The van der Waals surface area contributed by atoms with Gasteiger partial charge in [-0.15, -0.1) is 0 Å². The van der Waals surface area contributed by atoms with Crippen LogP contribution in [0.25, 0.3) is 0 Å². The Bertz CT molecular complexity index is 331. The van der Waals surface area contributed by atoms with Crippen LogP contribution in [-0.4, -0.2) is 35.5 Å². The molecule has 0 saturated carbocycles. The van der Waals surface area contributed by atoms with Gasteiger partial charge >= 0.3 is 0 Å². The first kappa shape index (κ1) is 11.3. The highest BCUT2D eigenvalue weighted by Crippen LogP contribution is 2.22. The molecule has 0 aromatic heterocycles. The lowest BCUT2D eigenvalue weighted by molar-refractivity contribution is -0.113. The van der Waals surface area contributed by atoms with Crippen LogP contribution in [0.5, 0.6) is 0 Å². The summed E-state index contributed by atoms with van der Waals surface area (Å²) in [7, 11) is 0. The van der Waals surface area contributed by atoms with E-state index in [1.807, 2.05) is 30.3 Å². The predicted octanol–water partition coefficient (Wildman–Crippen LogP) is 1.38. The van der Waals surface area contributed by atoms with Gasteiger partial charge in [0, 0.05) is 13.1 Å². The zero-order valence-corrected chi connectivity index (χ0v) is 9.25. The zero-order chi connectivity index (χ0) is 11.4. The molecule has 0 spiro atoms. The van der Waals surface area contributed by atoms with E-state index in [-0.39, 0.29) is 12.1 Å². The van der Waals surface area contributed by atoms with Crippen molar-refractivity contribution in [1.82, 2.24) is 4.90 Å². The maximum atomic E-state index is 11.2. The van der Waals surface area contributed by atoms with Crippen molar-refractivity contribution in [1.29, 1.82) is 0 Å². The van der Waals surface area contributed by atoms with E-state index in [4.69, 9.17) is 0 Å². The molecule has 1 fully saturated rings. The van der Waals surface area contributed by atoms with Crippen LogP contribution in [-0.2, 0) is 4.79 Å². The number of hydrogen-bond donors (Lipinski definition) is 1. The Morgan fingerprint density at radius 1 is 1.25 bits per heavy atom. The minimum absolute atomic E-state index is 0.159. The van der Waals surface area contributed by atoms with Crippen molar-refractivity contribution in [3.63, 3.8) is 0 Å². The molecule has 1 saturated heterocycles. The van der Waals surface area contributed by atoms with Gasteiger partial charge in [0.15, 0.2) is 0 Å². The van der Waals surface area contributed by atoms with Crippen molar-refractivity contribution in [3.05, 3.63) is 35.9 Å². The molecule has 3 heteroatoms. The standard InChI is InChI=1S/C13H17NO2/c15-10-13(11-4-2-1-3-5-11)14-8-6-12(16)7-9-14/h1-5,10,12-13,16H,6-9H2. The van der Waals surface area contributed by atoms with Gasteiger partial charge in [-0.1, -0.05) is 30.3 Å². The first-order chi connectivity index (χ1) is 7.81. The molecule has 1 aliphatic rings. The van der Waals surface area contributed by atoms with Crippen LogP contribution in [0.4, 0.5) is 0 Å². The number of piperidine rings is 1. The Kier molecular flexibility index (Phi) is 3.70. The second-order valence-electron chi connectivity index (χ2n) is 4.26. The number of aldehydes is 1. The summed E-state index contributed by atoms with van der Waals surface area (Å²) in [6.45, 7) is 1.58. The van der Waals surface area contributed by atoms with Gasteiger partial charge in [0.2, 0.25) is 0 Å². The molecular formula is C13H17NO2. The molecule has 3 nitrogen and oxygen atoms in total. The Labute approximate surface area is 95.7 Å². The van der Waals surface area contributed by atoms with E-state index in [2.05, 4.69) is 4.90 Å². The quantitative estimate of drug-likeness (QED) is 0.781. The molecule has 1 heterocycles. The van der Waals surface area contributed by atoms with Crippen LogP contribution in [0.3, 0.4) is 0 Å². The van der Waals surface area contributed by atoms with Crippen LogP contribution in [0.15, 0.2) is 30.3 Å². The summed E-state index contributed by atoms with van der Waals surface area (Å²) in [6.07, 6.45) is 2.32. The average Bonchev–Trinajstić information content (AvgIpc) is 2.34. The van der Waals surface area contributed by atoms with Crippen LogP contribution in [0.2, 0.25) is 0 Å². The maximum absolute atomic E-state index is 11.2. The lowest BCUT2D eigenvalue weighted by Gasteiger charge is -2.33. The molecule has 0 aliphatic carbocycles. The van der Waals surface area contributed by atoms with Crippen molar-refractivity contribution in [2.24, 2.45) is 0 Å². The molecule has 1 aromatic carbocycles. The summed E-state index contributed by atoms with van der Waals surface area (Å²) >= 11 is 0. The van der Waals surface area contributed by atoms with Gasteiger partial charge in [0.1, 0.15) is 6.29 Å². The Morgan fingerprint density at radius 2 is 1.88 bits per heavy atom. The first-order valence-electron chi connectivity index (χ1n) is 5.73. The van der Waals surface area contributed by atoms with Crippen LogP contribution in [0.1, 0.15) is 24.4 Å². The highest BCUT2D eigenvalue weighted by atomic mass is 16.3. The van der Waals surface area contributed by atoms with Gasteiger partial charge in [-0.2, -0.15) is 0 Å². The van der Waals surface area contributed by atoms with Gasteiger partial charge < -0.3 is 9.90 Å². The van der Waals surface area contributed by atoms with E-state index in [0.29, 0.717) is 0 Å². The normalized spacial score (nSPS) is 20.6. The average molecular weight is 219 g/mol. The minimum atomic E-state index is -0.195. The highest BCUT2D eigenvalue weighted by molar-refractivity contribution is 5.61. The summed E-state index contributed by atoms with van der Waals surface area (Å²) in [5, 5.41) is 9.44. The number of aliphatic hydroxyl groups excluding tert-OH is 1. The monoisotopic (exact) mass is 219 g/mol. The molecule has 0 radical (unpaired) electrons. The number of hydrogen-bond acceptors (Lipinski definition) is 3. The van der Waals surface area contributed by atoms with E-state index in [1.54, 1.807) is 0 Å². The number of carbonyl (C=O) groups is 1. The van der Waals surface area contributed by atoms with Crippen LogP contribution < -0.4 is 0 Å². The molecule has 16 heavy (non-hydrogen) atoms. The molecular weight excluding hydrogens is 202 g/mol. The van der Waals surface area contributed by atoms with Gasteiger partial charge in [-0.3, -0.25) is 4.90 Å². The fraction of sp³-hybridized carbons (Fsp3) is 0.462. The lowest BCUT2D eigenvalue weighted by atomic mass is 10.0. The number of likely N-dealkylation sites (tertiary alicyclic amines) is 1. The minimum Gasteiger partial charge on any atom is -0.393 e. The summed E-state index contributed by atoms with van der Waals surface area (Å²) in [4.78, 5) is 13.3. The van der Waals surface area contributed by atoms with E-state index < -0.39 is 0 Å². The molecule has 1 aliphatic heterocycles. The SMILES string of the molecule is O=CC(c1ccccc1)N1CCC(O)CC1. The molecule has 1 aromatic rings. The van der Waals surface area contributed by atoms with Crippen LogP contribution >= 0.6 is 0 Å². The third kappa shape index (κ3) is 2.49. The predicted molar refractivity (Wildman–Crippen MR) is 62.1 cm³/mol. The fourth-order valence-electron chi connectivity index (χ4n) is 2.19. The van der Waals surface area contributed by atoms with Crippen LogP contribution in [0, 0.1) is 0 Å². The van der Waals surface area contributed by atoms with Crippen molar-refractivity contribution in [2.45, 2.75) is 25.0 Å². The number of nitrogens with zero attached hydrogens (tertiary/aromatic N) is 1. The lowest BCUT2D eigenvalue weighted by Crippen LogP contribution is -2.39. The highest BCUT2D eigenvalue weighted by Gasteiger charge is 2.24. The Hall–Kier alpha value is -1.19. The van der Waals surface area contributed by atoms with Crippen molar-refractivity contribution in [2.75, 3.05) is 13.1 Å². The summed E-state index contributed by atoms with van der Waals surface area (Å²) in [5.41, 5.74) is 1.04. The van der Waals surface area contributed by atoms with Crippen molar-refractivity contribution in [3.8, 4) is 0 Å². The van der Waals surface area contributed by atoms with Gasteiger partial charge in [-0.25, -0.2) is 0 Å². The summed E-state index contributed by atoms with van der Waals surface area (Å²) in [5.74, 6) is 0. The smallest absolute Gasteiger partial charge is 0.141 e. The molecule has 1 atom stereocenters. The van der Waals surface area contributed by atoms with Gasteiger partial charge in [-0.05, 0) is 18.4 Å². The van der Waals surface area contributed by atoms with Gasteiger partial charge in [0.05, 0.1) is 12.1 Å². The van der Waals surface area contributed by atoms with E-state index in [1.165, 1.54) is 0 Å². The summed E-state index contributed by atoms with van der Waals surface area (Å²) < 4.78 is 0. The molecule has 0 bridgehead atoms. The second-order valence-corrected chi connectivity index (χ2v) is 4.26. The van der Waals surface area contributed by atoms with Gasteiger partial charge in [0.25, 0.3) is 0 Å². The van der Waals surface area contributed by atoms with Crippen molar-refractivity contribution >= 4 is 6.29 Å². The fourth-order valence-corrected chi connectivity index (χ4v) is 2.19. The topological polar surface area (TPSA) is 40.5 Å². The van der Waals surface area contributed by atoms with E-state index >= 15 is 0 Å². The largest absolute Gasteiger partial charge is 0.393 e. The molecule has 1 N–H and O–H groups in total. The second kappa shape index (κ2) is 5.23. The molecule has 2 rings (SSSR count). The third-order valence-electron chi connectivity index (χ3n) is 3.16. The summed E-state index contributed by atoms with van der Waals surface area (Å²) in [6, 6.07) is 9.64. The maximum Gasteiger partial charge on any atom is 0.141 e. The number of rotatable bonds is 3. The van der Waals surface area contributed by atoms with E-state index in [0.717, 1.165) is 37.8 Å². The third-order valence-corrected chi connectivity index (χ3v) is 3.16. The Balaban J connectivity index is 2.08. The molecule has 0 amide bonds. The first-order valence-corrected chi connectivity index (χ1v) is 5.73. The molecule has 1 unspecified atom stereocenters. The Morgan fingerprint density at radius 3 is 2.44 bits per heavy atom. The number of benzene rings is 1. The van der Waals surface area contributed by atoms with E-state index in [9.17, 15) is 9.90 Å². The number of carbonyl (C=O) groups excluding carboxylic acids is 1. The van der Waals surface area contributed by atoms with Crippen molar-refractivity contribution < 1.29 is 9.90 Å². The molecule has 86 valence electrons.